The van der Waals surface area contributed by atoms with Gasteiger partial charge in [0.2, 0.25) is 0 Å². The number of hydrogen-bond donors (Lipinski definition) is 1. The third-order valence-corrected chi connectivity index (χ3v) is 4.41. The fourth-order valence-electron chi connectivity index (χ4n) is 3.01. The molecule has 0 spiro atoms. The minimum absolute atomic E-state index is 0.0786. The fourth-order valence-corrected chi connectivity index (χ4v) is 3.01. The van der Waals surface area contributed by atoms with Gasteiger partial charge in [0.1, 0.15) is 5.69 Å². The third-order valence-electron chi connectivity index (χ3n) is 4.41. The lowest BCUT2D eigenvalue weighted by molar-refractivity contribution is 0.0458. The van der Waals surface area contributed by atoms with Crippen molar-refractivity contribution in [1.29, 1.82) is 0 Å². The van der Waals surface area contributed by atoms with Crippen molar-refractivity contribution in [1.82, 2.24) is 14.9 Å². The van der Waals surface area contributed by atoms with Crippen LogP contribution < -0.4 is 0 Å². The van der Waals surface area contributed by atoms with E-state index in [1.165, 1.54) is 6.20 Å². The fraction of sp³-hybridized carbons (Fsp3) is 0.389. The molecule has 1 aliphatic heterocycles. The molecule has 1 N–H and O–H groups in total. The lowest BCUT2D eigenvalue weighted by Gasteiger charge is -2.34. The van der Waals surface area contributed by atoms with Crippen LogP contribution in [-0.2, 0) is 0 Å². The molecule has 5 heteroatoms. The molecule has 2 aromatic rings. The van der Waals surface area contributed by atoms with Crippen LogP contribution in [0.2, 0.25) is 0 Å². The molecule has 1 atom stereocenters. The average molecular weight is 311 g/mol. The molecule has 2 heterocycles. The lowest BCUT2D eigenvalue weighted by Crippen LogP contribution is -2.40. The molecule has 3 rings (SSSR count). The number of hydrogen-bond acceptors (Lipinski definition) is 4. The zero-order chi connectivity index (χ0) is 16.2. The van der Waals surface area contributed by atoms with Crippen LogP contribution in [0, 0.1) is 12.8 Å². The molecule has 0 aliphatic carbocycles. The van der Waals surface area contributed by atoms with Gasteiger partial charge in [0.05, 0.1) is 18.0 Å². The van der Waals surface area contributed by atoms with E-state index < -0.39 is 6.10 Å². The van der Waals surface area contributed by atoms with Gasteiger partial charge in [-0.25, -0.2) is 4.98 Å². The predicted molar refractivity (Wildman–Crippen MR) is 86.8 cm³/mol. The van der Waals surface area contributed by atoms with Crippen LogP contribution in [0.4, 0.5) is 0 Å². The van der Waals surface area contributed by atoms with Crippen LogP contribution >= 0.6 is 0 Å². The Kier molecular flexibility index (Phi) is 4.67. The van der Waals surface area contributed by atoms with E-state index in [1.807, 2.05) is 37.3 Å². The number of carbonyl (C=O) groups excluding carboxylic acids is 1. The summed E-state index contributed by atoms with van der Waals surface area (Å²) in [6, 6.07) is 9.72. The summed E-state index contributed by atoms with van der Waals surface area (Å²) in [6.45, 7) is 3.13. The number of amides is 1. The van der Waals surface area contributed by atoms with Crippen molar-refractivity contribution in [3.05, 3.63) is 59.7 Å². The van der Waals surface area contributed by atoms with E-state index in [0.29, 0.717) is 18.8 Å². The summed E-state index contributed by atoms with van der Waals surface area (Å²) in [5.41, 5.74) is 2.13. The molecule has 0 unspecified atom stereocenters. The first kappa shape index (κ1) is 15.6. The molecule has 1 amide bonds. The Hall–Kier alpha value is -2.27. The number of aliphatic hydroxyl groups excluding tert-OH is 1. The number of aromatic nitrogens is 2. The molecule has 23 heavy (non-hydrogen) atoms. The summed E-state index contributed by atoms with van der Waals surface area (Å²) in [5.74, 6) is 0.107. The van der Waals surface area contributed by atoms with E-state index in [9.17, 15) is 9.90 Å². The van der Waals surface area contributed by atoms with E-state index in [0.717, 1.165) is 24.1 Å². The van der Waals surface area contributed by atoms with Gasteiger partial charge in [0.15, 0.2) is 0 Å². The highest BCUT2D eigenvalue weighted by atomic mass is 16.3. The van der Waals surface area contributed by atoms with Gasteiger partial charge in [-0.15, -0.1) is 0 Å². The molecule has 1 saturated heterocycles. The molecule has 1 fully saturated rings. The minimum atomic E-state index is -0.465. The van der Waals surface area contributed by atoms with Crippen molar-refractivity contribution in [2.75, 3.05) is 13.1 Å². The van der Waals surface area contributed by atoms with Crippen LogP contribution in [0.15, 0.2) is 42.7 Å². The van der Waals surface area contributed by atoms with E-state index in [2.05, 4.69) is 9.97 Å². The molecule has 1 aliphatic rings. The van der Waals surface area contributed by atoms with Crippen molar-refractivity contribution in [3.63, 3.8) is 0 Å². The second kappa shape index (κ2) is 6.87. The summed E-state index contributed by atoms with van der Waals surface area (Å²) in [7, 11) is 0. The first-order valence-corrected chi connectivity index (χ1v) is 7.96. The van der Waals surface area contributed by atoms with Crippen molar-refractivity contribution in [2.45, 2.75) is 25.9 Å². The van der Waals surface area contributed by atoms with Gasteiger partial charge >= 0.3 is 0 Å². The maximum Gasteiger partial charge on any atom is 0.274 e. The van der Waals surface area contributed by atoms with Gasteiger partial charge in [-0.2, -0.15) is 0 Å². The second-order valence-corrected chi connectivity index (χ2v) is 6.03. The van der Waals surface area contributed by atoms with E-state index in [1.54, 1.807) is 11.1 Å². The molecule has 0 bridgehead atoms. The SMILES string of the molecule is Cc1cnc(C(=O)N2CCC([C@@H](O)c3ccccc3)CC2)cn1. The summed E-state index contributed by atoms with van der Waals surface area (Å²) < 4.78 is 0. The molecule has 1 aromatic heterocycles. The summed E-state index contributed by atoms with van der Waals surface area (Å²) in [5, 5.41) is 10.5. The largest absolute Gasteiger partial charge is 0.388 e. The Bertz CT molecular complexity index is 650. The maximum absolute atomic E-state index is 12.4. The Labute approximate surface area is 136 Å². The molecule has 0 saturated carbocycles. The number of aryl methyl sites for hydroxylation is 1. The summed E-state index contributed by atoms with van der Waals surface area (Å²) in [6.07, 6.45) is 4.26. The average Bonchev–Trinajstić information content (AvgIpc) is 2.62. The normalized spacial score (nSPS) is 17.0. The maximum atomic E-state index is 12.4. The first-order valence-electron chi connectivity index (χ1n) is 7.96. The zero-order valence-electron chi connectivity index (χ0n) is 13.2. The van der Waals surface area contributed by atoms with Gasteiger partial charge in [0, 0.05) is 19.3 Å². The third kappa shape index (κ3) is 3.56. The van der Waals surface area contributed by atoms with Gasteiger partial charge in [-0.1, -0.05) is 30.3 Å². The van der Waals surface area contributed by atoms with E-state index in [4.69, 9.17) is 0 Å². The lowest BCUT2D eigenvalue weighted by atomic mass is 9.87. The Morgan fingerprint density at radius 2 is 1.87 bits per heavy atom. The monoisotopic (exact) mass is 311 g/mol. The van der Waals surface area contributed by atoms with Crippen LogP contribution in [0.25, 0.3) is 0 Å². The molecule has 5 nitrogen and oxygen atoms in total. The van der Waals surface area contributed by atoms with Crippen molar-refractivity contribution < 1.29 is 9.90 Å². The number of likely N-dealkylation sites (tertiary alicyclic amines) is 1. The Morgan fingerprint density at radius 3 is 2.48 bits per heavy atom. The van der Waals surface area contributed by atoms with Crippen molar-refractivity contribution in [3.8, 4) is 0 Å². The number of piperidine rings is 1. The van der Waals surface area contributed by atoms with Crippen LogP contribution in [-0.4, -0.2) is 39.0 Å². The highest BCUT2D eigenvalue weighted by molar-refractivity contribution is 5.92. The molecule has 120 valence electrons. The Morgan fingerprint density at radius 1 is 1.17 bits per heavy atom. The van der Waals surface area contributed by atoms with Gasteiger partial charge in [-0.05, 0) is 31.2 Å². The topological polar surface area (TPSA) is 66.3 Å². The van der Waals surface area contributed by atoms with Crippen molar-refractivity contribution >= 4 is 5.91 Å². The van der Waals surface area contributed by atoms with Gasteiger partial charge in [0.25, 0.3) is 5.91 Å². The van der Waals surface area contributed by atoms with E-state index >= 15 is 0 Å². The standard InChI is InChI=1S/C18H21N3O2/c1-13-11-20-16(12-19-13)18(23)21-9-7-15(8-10-21)17(22)14-5-3-2-4-6-14/h2-6,11-12,15,17,22H,7-10H2,1H3/t17-/m0/s1. The number of nitrogens with zero attached hydrogens (tertiary/aromatic N) is 3. The summed E-state index contributed by atoms with van der Waals surface area (Å²) in [4.78, 5) is 22.5. The minimum Gasteiger partial charge on any atom is -0.388 e. The molecular weight excluding hydrogens is 290 g/mol. The smallest absolute Gasteiger partial charge is 0.274 e. The van der Waals surface area contributed by atoms with Gasteiger partial charge < -0.3 is 10.0 Å². The molecule has 1 aromatic carbocycles. The van der Waals surface area contributed by atoms with Crippen LogP contribution in [0.1, 0.15) is 40.7 Å². The van der Waals surface area contributed by atoms with E-state index in [-0.39, 0.29) is 11.8 Å². The molecular formula is C18H21N3O2. The number of benzene rings is 1. The zero-order valence-corrected chi connectivity index (χ0v) is 13.2. The molecule has 0 radical (unpaired) electrons. The Balaban J connectivity index is 1.60. The highest BCUT2D eigenvalue weighted by Crippen LogP contribution is 2.30. The van der Waals surface area contributed by atoms with Crippen molar-refractivity contribution in [2.24, 2.45) is 5.92 Å². The number of carbonyl (C=O) groups is 1. The number of rotatable bonds is 3. The first-order chi connectivity index (χ1) is 11.1. The van der Waals surface area contributed by atoms with Crippen LogP contribution in [0.3, 0.4) is 0 Å². The van der Waals surface area contributed by atoms with Crippen LogP contribution in [0.5, 0.6) is 0 Å². The van der Waals surface area contributed by atoms with Gasteiger partial charge in [-0.3, -0.25) is 9.78 Å². The summed E-state index contributed by atoms with van der Waals surface area (Å²) >= 11 is 0. The predicted octanol–water partition coefficient (Wildman–Crippen LogP) is 2.37. The quantitative estimate of drug-likeness (QED) is 0.945. The second-order valence-electron chi connectivity index (χ2n) is 6.03. The highest BCUT2D eigenvalue weighted by Gasteiger charge is 2.29. The number of aliphatic hydroxyl groups is 1.